The first-order valence-corrected chi connectivity index (χ1v) is 6.14. The van der Waals surface area contributed by atoms with Crippen molar-refractivity contribution in [2.45, 2.75) is 12.8 Å². The molecule has 7 nitrogen and oxygen atoms in total. The van der Waals surface area contributed by atoms with E-state index in [1.54, 1.807) is 0 Å². The lowest BCUT2D eigenvalue weighted by Crippen LogP contribution is -2.28. The lowest BCUT2D eigenvalue weighted by atomic mass is 10.3. The zero-order chi connectivity index (χ0) is 15.8. The van der Waals surface area contributed by atoms with E-state index in [0.717, 1.165) is 12.1 Å². The monoisotopic (exact) mass is 295 g/mol. The highest BCUT2D eigenvalue weighted by Gasteiger charge is 2.19. The Kier molecular flexibility index (Phi) is 6.07. The number of nitrogens with zero attached hydrogens (tertiary/aromatic N) is 3. The number of ether oxygens (including phenoxy) is 1. The molecule has 1 aromatic carbocycles. The summed E-state index contributed by atoms with van der Waals surface area (Å²) in [5, 5.41) is 19.2. The van der Waals surface area contributed by atoms with Gasteiger partial charge in [-0.3, -0.25) is 14.9 Å². The Balaban J connectivity index is 2.59. The molecule has 1 amide bonds. The zero-order valence-corrected chi connectivity index (χ0v) is 11.4. The van der Waals surface area contributed by atoms with Crippen LogP contribution in [0, 0.1) is 27.3 Å². The van der Waals surface area contributed by atoms with Gasteiger partial charge in [0.25, 0.3) is 0 Å². The van der Waals surface area contributed by atoms with Gasteiger partial charge in [-0.15, -0.1) is 0 Å². The van der Waals surface area contributed by atoms with E-state index < -0.39 is 22.2 Å². The summed E-state index contributed by atoms with van der Waals surface area (Å²) in [7, 11) is 1.53. The van der Waals surface area contributed by atoms with Gasteiger partial charge in [-0.25, -0.2) is 4.39 Å². The Morgan fingerprint density at radius 2 is 2.29 bits per heavy atom. The van der Waals surface area contributed by atoms with Crippen molar-refractivity contribution in [3.05, 3.63) is 34.1 Å². The molecule has 0 aliphatic heterocycles. The summed E-state index contributed by atoms with van der Waals surface area (Å²) < 4.78 is 18.5. The van der Waals surface area contributed by atoms with Gasteiger partial charge in [0.15, 0.2) is 5.82 Å². The molecule has 0 radical (unpaired) electrons. The second kappa shape index (κ2) is 7.79. The molecule has 0 spiro atoms. The number of hydrogen-bond acceptors (Lipinski definition) is 5. The molecule has 0 bridgehead atoms. The maximum absolute atomic E-state index is 13.5. The van der Waals surface area contributed by atoms with Crippen LogP contribution < -0.4 is 4.74 Å². The van der Waals surface area contributed by atoms with Crippen LogP contribution in [-0.4, -0.2) is 35.9 Å². The number of para-hydroxylation sites is 1. The van der Waals surface area contributed by atoms with Crippen LogP contribution in [0.3, 0.4) is 0 Å². The van der Waals surface area contributed by atoms with Crippen molar-refractivity contribution < 1.29 is 18.8 Å². The third kappa shape index (κ3) is 4.72. The van der Waals surface area contributed by atoms with Gasteiger partial charge in [0.1, 0.15) is 0 Å². The maximum Gasteiger partial charge on any atom is 0.314 e. The van der Waals surface area contributed by atoms with E-state index in [0.29, 0.717) is 0 Å². The summed E-state index contributed by atoms with van der Waals surface area (Å²) in [5.41, 5.74) is -0.486. The average Bonchev–Trinajstić information content (AvgIpc) is 2.45. The summed E-state index contributed by atoms with van der Waals surface area (Å²) in [6, 6.07) is 5.29. The third-order valence-electron chi connectivity index (χ3n) is 2.69. The third-order valence-corrected chi connectivity index (χ3v) is 2.69. The summed E-state index contributed by atoms with van der Waals surface area (Å²) >= 11 is 0. The first-order chi connectivity index (χ1) is 9.97. The van der Waals surface area contributed by atoms with Gasteiger partial charge in [-0.2, -0.15) is 5.26 Å². The number of carbonyl (C=O) groups is 1. The Morgan fingerprint density at radius 3 is 2.90 bits per heavy atom. The average molecular weight is 295 g/mol. The highest BCUT2D eigenvalue weighted by molar-refractivity contribution is 5.76. The molecule has 0 aliphatic rings. The van der Waals surface area contributed by atoms with Crippen LogP contribution >= 0.6 is 0 Å². The van der Waals surface area contributed by atoms with Crippen LogP contribution in [0.2, 0.25) is 0 Å². The number of nitro benzene ring substituents is 1. The Labute approximate surface area is 120 Å². The van der Waals surface area contributed by atoms with E-state index in [2.05, 4.69) is 0 Å². The Morgan fingerprint density at radius 1 is 1.57 bits per heavy atom. The lowest BCUT2D eigenvalue weighted by molar-refractivity contribution is -0.386. The molecule has 1 rings (SSSR count). The van der Waals surface area contributed by atoms with Crippen molar-refractivity contribution in [3.8, 4) is 11.8 Å². The van der Waals surface area contributed by atoms with E-state index in [-0.39, 0.29) is 31.9 Å². The molecule has 0 aliphatic carbocycles. The molecule has 0 fully saturated rings. The highest BCUT2D eigenvalue weighted by atomic mass is 19.1. The molecule has 0 N–H and O–H groups in total. The fourth-order valence-corrected chi connectivity index (χ4v) is 1.56. The van der Waals surface area contributed by atoms with E-state index in [4.69, 9.17) is 10.00 Å². The number of benzene rings is 1. The topological polar surface area (TPSA) is 96.5 Å². The fourth-order valence-electron chi connectivity index (χ4n) is 1.56. The van der Waals surface area contributed by atoms with E-state index in [1.165, 1.54) is 18.0 Å². The van der Waals surface area contributed by atoms with Crippen molar-refractivity contribution >= 4 is 11.6 Å². The standard InChI is InChI=1S/C13H14FN3O4/c1-16(8-3-7-15)12(18)6-9-21-13-10(14)4-2-5-11(13)17(19)20/h2,4-5H,3,6,8-9H2,1H3. The minimum atomic E-state index is -0.852. The van der Waals surface area contributed by atoms with Crippen molar-refractivity contribution in [2.75, 3.05) is 20.2 Å². The van der Waals surface area contributed by atoms with E-state index in [1.807, 2.05) is 6.07 Å². The fraction of sp³-hybridized carbons (Fsp3) is 0.385. The zero-order valence-electron chi connectivity index (χ0n) is 11.4. The van der Waals surface area contributed by atoms with Crippen molar-refractivity contribution in [3.63, 3.8) is 0 Å². The normalized spacial score (nSPS) is 9.76. The second-order valence-electron chi connectivity index (χ2n) is 4.17. The van der Waals surface area contributed by atoms with Crippen LogP contribution in [0.5, 0.6) is 5.75 Å². The minimum Gasteiger partial charge on any atom is -0.484 e. The summed E-state index contributed by atoms with van der Waals surface area (Å²) in [6.07, 6.45) is 0.148. The van der Waals surface area contributed by atoms with Gasteiger partial charge in [0, 0.05) is 19.7 Å². The van der Waals surface area contributed by atoms with E-state index in [9.17, 15) is 19.3 Å². The second-order valence-corrected chi connectivity index (χ2v) is 4.17. The number of halogens is 1. The summed E-state index contributed by atoms with van der Waals surface area (Å²) in [6.45, 7) is 0.104. The number of amides is 1. The molecule has 0 unspecified atom stereocenters. The highest BCUT2D eigenvalue weighted by Crippen LogP contribution is 2.29. The van der Waals surface area contributed by atoms with Crippen LogP contribution in [0.4, 0.5) is 10.1 Å². The quantitative estimate of drug-likeness (QED) is 0.565. The molecule has 112 valence electrons. The Hall–Kier alpha value is -2.69. The Bertz CT molecular complexity index is 571. The van der Waals surface area contributed by atoms with E-state index >= 15 is 0 Å². The summed E-state index contributed by atoms with van der Waals surface area (Å²) in [4.78, 5) is 23.0. The number of carbonyl (C=O) groups excluding carboxylic acids is 1. The summed E-state index contributed by atoms with van der Waals surface area (Å²) in [5.74, 6) is -1.62. The smallest absolute Gasteiger partial charge is 0.314 e. The van der Waals surface area contributed by atoms with Crippen molar-refractivity contribution in [1.82, 2.24) is 4.90 Å². The van der Waals surface area contributed by atoms with Crippen molar-refractivity contribution in [2.24, 2.45) is 0 Å². The van der Waals surface area contributed by atoms with Crippen LogP contribution in [0.25, 0.3) is 0 Å². The largest absolute Gasteiger partial charge is 0.484 e. The number of nitro groups is 1. The molecule has 0 heterocycles. The van der Waals surface area contributed by atoms with Gasteiger partial charge in [-0.05, 0) is 6.07 Å². The number of hydrogen-bond donors (Lipinski definition) is 0. The van der Waals surface area contributed by atoms with Gasteiger partial charge < -0.3 is 9.64 Å². The van der Waals surface area contributed by atoms with Crippen molar-refractivity contribution in [1.29, 1.82) is 5.26 Å². The molecule has 0 saturated carbocycles. The van der Waals surface area contributed by atoms with Gasteiger partial charge in [0.05, 0.1) is 30.4 Å². The molecule has 0 atom stereocenters. The first-order valence-electron chi connectivity index (χ1n) is 6.14. The predicted molar refractivity (Wildman–Crippen MR) is 71.0 cm³/mol. The molecular formula is C13H14FN3O4. The van der Waals surface area contributed by atoms with Gasteiger partial charge >= 0.3 is 5.69 Å². The molecule has 1 aromatic rings. The molecular weight excluding hydrogens is 281 g/mol. The van der Waals surface area contributed by atoms with Crippen LogP contribution in [0.15, 0.2) is 18.2 Å². The number of rotatable bonds is 7. The maximum atomic E-state index is 13.5. The van der Waals surface area contributed by atoms with Gasteiger partial charge in [-0.1, -0.05) is 6.07 Å². The van der Waals surface area contributed by atoms with Gasteiger partial charge in [0.2, 0.25) is 11.7 Å². The minimum absolute atomic E-state index is 0.0621. The van der Waals surface area contributed by atoms with Crippen LogP contribution in [-0.2, 0) is 4.79 Å². The molecule has 8 heteroatoms. The predicted octanol–water partition coefficient (Wildman–Crippen LogP) is 1.87. The molecule has 0 saturated heterocycles. The lowest BCUT2D eigenvalue weighted by Gasteiger charge is -2.15. The SMILES string of the molecule is CN(CCC#N)C(=O)CCOc1c(F)cccc1[N+](=O)[O-]. The van der Waals surface area contributed by atoms with Crippen LogP contribution in [0.1, 0.15) is 12.8 Å². The molecule has 21 heavy (non-hydrogen) atoms. The molecule has 0 aromatic heterocycles. The first kappa shape index (κ1) is 16.4. The number of nitriles is 1.